The Morgan fingerprint density at radius 1 is 1.25 bits per heavy atom. The van der Waals surface area contributed by atoms with Gasteiger partial charge in [-0.2, -0.15) is 0 Å². The Kier molecular flexibility index (Phi) is 5.54. The van der Waals surface area contributed by atoms with Crippen LogP contribution in [0.5, 0.6) is 0 Å². The van der Waals surface area contributed by atoms with Crippen LogP contribution in [0.15, 0.2) is 30.3 Å². The topological polar surface area (TPSA) is 15.3 Å². The third kappa shape index (κ3) is 4.28. The van der Waals surface area contributed by atoms with Crippen LogP contribution in [0.4, 0.5) is 4.39 Å². The lowest BCUT2D eigenvalue weighted by atomic mass is 10.1. The fraction of sp³-hybridized carbons (Fsp3) is 0.333. The molecule has 1 aromatic carbocycles. The van der Waals surface area contributed by atoms with Crippen LogP contribution in [0.2, 0.25) is 4.34 Å². The summed E-state index contributed by atoms with van der Waals surface area (Å²) in [6.45, 7) is 2.10. The van der Waals surface area contributed by atoms with Crippen LogP contribution in [0.1, 0.15) is 16.0 Å². The molecule has 2 aromatic rings. The van der Waals surface area contributed by atoms with Crippen molar-refractivity contribution in [1.82, 2.24) is 10.2 Å². The molecule has 0 bridgehead atoms. The van der Waals surface area contributed by atoms with E-state index in [2.05, 4.69) is 10.2 Å². The first-order valence-electron chi connectivity index (χ1n) is 6.43. The van der Waals surface area contributed by atoms with Crippen molar-refractivity contribution >= 4 is 22.9 Å². The lowest BCUT2D eigenvalue weighted by Gasteiger charge is -2.17. The SMILES string of the molecule is CNCc1ccc(F)c(CN(C)Cc2ccc(Cl)s2)c1. The summed E-state index contributed by atoms with van der Waals surface area (Å²) in [5.74, 6) is -0.152. The van der Waals surface area contributed by atoms with Gasteiger partial charge >= 0.3 is 0 Å². The zero-order chi connectivity index (χ0) is 14.5. The molecule has 0 atom stereocenters. The molecule has 0 aliphatic carbocycles. The highest BCUT2D eigenvalue weighted by Gasteiger charge is 2.08. The maximum atomic E-state index is 13.8. The summed E-state index contributed by atoms with van der Waals surface area (Å²) in [5.41, 5.74) is 1.82. The number of rotatable bonds is 6. The number of nitrogens with one attached hydrogen (secondary N) is 1. The van der Waals surface area contributed by atoms with Crippen LogP contribution in [0, 0.1) is 5.82 Å². The van der Waals surface area contributed by atoms with E-state index in [4.69, 9.17) is 11.6 Å². The Morgan fingerprint density at radius 3 is 2.70 bits per heavy atom. The van der Waals surface area contributed by atoms with E-state index in [0.29, 0.717) is 6.54 Å². The molecule has 1 aromatic heterocycles. The molecule has 0 saturated carbocycles. The number of nitrogens with zero attached hydrogens (tertiary/aromatic N) is 1. The van der Waals surface area contributed by atoms with Crippen LogP contribution >= 0.6 is 22.9 Å². The molecular weight excluding hydrogens is 295 g/mol. The van der Waals surface area contributed by atoms with E-state index < -0.39 is 0 Å². The van der Waals surface area contributed by atoms with Crippen molar-refractivity contribution in [2.75, 3.05) is 14.1 Å². The Balaban J connectivity index is 2.02. The van der Waals surface area contributed by atoms with Gasteiger partial charge in [0, 0.05) is 30.1 Å². The molecule has 0 saturated heterocycles. The fourth-order valence-corrected chi connectivity index (χ4v) is 3.28. The van der Waals surface area contributed by atoms with Crippen LogP contribution in [-0.4, -0.2) is 19.0 Å². The van der Waals surface area contributed by atoms with Gasteiger partial charge in [0.05, 0.1) is 4.34 Å². The van der Waals surface area contributed by atoms with Gasteiger partial charge in [0.2, 0.25) is 0 Å². The summed E-state index contributed by atoms with van der Waals surface area (Å²) in [6.07, 6.45) is 0. The van der Waals surface area contributed by atoms with Crippen LogP contribution < -0.4 is 5.32 Å². The van der Waals surface area contributed by atoms with E-state index in [0.717, 1.165) is 28.6 Å². The minimum absolute atomic E-state index is 0.152. The quantitative estimate of drug-likeness (QED) is 0.870. The average molecular weight is 313 g/mol. The van der Waals surface area contributed by atoms with Gasteiger partial charge in [0.1, 0.15) is 5.82 Å². The van der Waals surface area contributed by atoms with Crippen LogP contribution in [-0.2, 0) is 19.6 Å². The number of benzene rings is 1. The highest BCUT2D eigenvalue weighted by atomic mass is 35.5. The highest BCUT2D eigenvalue weighted by molar-refractivity contribution is 7.16. The number of hydrogen-bond acceptors (Lipinski definition) is 3. The summed E-state index contributed by atoms with van der Waals surface area (Å²) >= 11 is 7.48. The van der Waals surface area contributed by atoms with Crippen molar-refractivity contribution in [1.29, 1.82) is 0 Å². The maximum Gasteiger partial charge on any atom is 0.127 e. The van der Waals surface area contributed by atoms with Gasteiger partial charge in [-0.15, -0.1) is 11.3 Å². The zero-order valence-electron chi connectivity index (χ0n) is 11.6. The Morgan fingerprint density at radius 2 is 2.05 bits per heavy atom. The smallest absolute Gasteiger partial charge is 0.127 e. The van der Waals surface area contributed by atoms with E-state index in [1.165, 1.54) is 10.9 Å². The molecule has 2 nitrogen and oxygen atoms in total. The van der Waals surface area contributed by atoms with Crippen molar-refractivity contribution in [2.24, 2.45) is 0 Å². The van der Waals surface area contributed by atoms with Gasteiger partial charge in [-0.25, -0.2) is 4.39 Å². The summed E-state index contributed by atoms with van der Waals surface area (Å²) < 4.78 is 14.6. The van der Waals surface area contributed by atoms with Crippen molar-refractivity contribution < 1.29 is 4.39 Å². The molecule has 0 spiro atoms. The third-order valence-electron chi connectivity index (χ3n) is 2.99. The third-order valence-corrected chi connectivity index (χ3v) is 4.20. The standard InChI is InChI=1S/C15H18ClFN2S/c1-18-8-11-3-5-14(17)12(7-11)9-19(2)10-13-4-6-15(16)20-13/h3-7,18H,8-10H2,1-2H3. The Bertz CT molecular complexity index is 571. The van der Waals surface area contributed by atoms with Gasteiger partial charge in [-0.1, -0.05) is 23.7 Å². The monoisotopic (exact) mass is 312 g/mol. The molecule has 0 fully saturated rings. The lowest BCUT2D eigenvalue weighted by Crippen LogP contribution is -2.18. The predicted octanol–water partition coefficient (Wildman–Crippen LogP) is 3.89. The number of halogens is 2. The van der Waals surface area contributed by atoms with E-state index >= 15 is 0 Å². The van der Waals surface area contributed by atoms with Gasteiger partial charge < -0.3 is 5.32 Å². The molecule has 0 radical (unpaired) electrons. The zero-order valence-corrected chi connectivity index (χ0v) is 13.2. The summed E-state index contributed by atoms with van der Waals surface area (Å²) in [4.78, 5) is 3.27. The largest absolute Gasteiger partial charge is 0.316 e. The van der Waals surface area contributed by atoms with Crippen LogP contribution in [0.3, 0.4) is 0 Å². The molecule has 0 unspecified atom stereocenters. The summed E-state index contributed by atoms with van der Waals surface area (Å²) in [6, 6.07) is 9.18. The molecule has 0 aliphatic rings. The van der Waals surface area contributed by atoms with Crippen molar-refractivity contribution in [3.63, 3.8) is 0 Å². The Hall–Kier alpha value is -0.940. The number of hydrogen-bond donors (Lipinski definition) is 1. The summed E-state index contributed by atoms with van der Waals surface area (Å²) in [5, 5.41) is 3.08. The normalized spacial score (nSPS) is 11.2. The van der Waals surface area contributed by atoms with E-state index in [-0.39, 0.29) is 5.82 Å². The lowest BCUT2D eigenvalue weighted by molar-refractivity contribution is 0.316. The molecular formula is C15H18ClFN2S. The summed E-state index contributed by atoms with van der Waals surface area (Å²) in [7, 11) is 3.87. The van der Waals surface area contributed by atoms with Gasteiger partial charge in [0.15, 0.2) is 0 Å². The van der Waals surface area contributed by atoms with Gasteiger partial charge in [0.25, 0.3) is 0 Å². The second-order valence-electron chi connectivity index (χ2n) is 4.83. The average Bonchev–Trinajstić information content (AvgIpc) is 2.79. The van der Waals surface area contributed by atoms with Crippen LogP contribution in [0.25, 0.3) is 0 Å². The molecule has 1 N–H and O–H groups in total. The molecule has 0 amide bonds. The maximum absolute atomic E-state index is 13.8. The minimum atomic E-state index is -0.152. The predicted molar refractivity (Wildman–Crippen MR) is 83.7 cm³/mol. The van der Waals surface area contributed by atoms with Gasteiger partial charge in [-0.3, -0.25) is 4.90 Å². The van der Waals surface area contributed by atoms with Crippen molar-refractivity contribution in [3.8, 4) is 0 Å². The Labute approximate surface area is 128 Å². The first-order valence-corrected chi connectivity index (χ1v) is 7.62. The molecule has 2 rings (SSSR count). The van der Waals surface area contributed by atoms with E-state index in [1.54, 1.807) is 11.3 Å². The molecule has 0 aliphatic heterocycles. The second-order valence-corrected chi connectivity index (χ2v) is 6.63. The fourth-order valence-electron chi connectivity index (χ4n) is 2.11. The first-order chi connectivity index (χ1) is 9.58. The molecule has 20 heavy (non-hydrogen) atoms. The van der Waals surface area contributed by atoms with E-state index in [9.17, 15) is 4.39 Å². The van der Waals surface area contributed by atoms with Gasteiger partial charge in [-0.05, 0) is 37.9 Å². The van der Waals surface area contributed by atoms with Crippen molar-refractivity contribution in [2.45, 2.75) is 19.6 Å². The molecule has 5 heteroatoms. The highest BCUT2D eigenvalue weighted by Crippen LogP contribution is 2.23. The first kappa shape index (κ1) is 15.4. The van der Waals surface area contributed by atoms with E-state index in [1.807, 2.05) is 38.4 Å². The molecule has 108 valence electrons. The molecule has 1 heterocycles. The minimum Gasteiger partial charge on any atom is -0.316 e. The van der Waals surface area contributed by atoms with Crippen molar-refractivity contribution in [3.05, 3.63) is 56.5 Å². The number of thiophene rings is 1. The second kappa shape index (κ2) is 7.18.